The van der Waals surface area contributed by atoms with Gasteiger partial charge in [-0.05, 0) is 49.9 Å². The van der Waals surface area contributed by atoms with E-state index in [0.29, 0.717) is 45.5 Å². The molecule has 2 heterocycles. The van der Waals surface area contributed by atoms with Crippen molar-refractivity contribution < 1.29 is 14.6 Å². The number of aliphatic carboxylic acids is 1. The summed E-state index contributed by atoms with van der Waals surface area (Å²) in [6.07, 6.45) is 1.69. The number of benzene rings is 1. The van der Waals surface area contributed by atoms with Gasteiger partial charge in [-0.3, -0.25) is 14.5 Å². The van der Waals surface area contributed by atoms with Gasteiger partial charge in [-0.2, -0.15) is 0 Å². The quantitative estimate of drug-likeness (QED) is 0.840. The number of methoxy groups -OCH3 is 1. The number of hydrogen-bond acceptors (Lipinski definition) is 4. The molecule has 6 nitrogen and oxygen atoms in total. The number of para-hydroxylation sites is 1. The molecule has 1 aromatic carbocycles. The fourth-order valence-electron chi connectivity index (χ4n) is 3.56. The molecule has 1 fully saturated rings. The van der Waals surface area contributed by atoms with Gasteiger partial charge >= 0.3 is 5.97 Å². The topological polar surface area (TPSA) is 82.6 Å². The summed E-state index contributed by atoms with van der Waals surface area (Å²) in [7, 11) is 1.59. The maximum absolute atomic E-state index is 12.3. The van der Waals surface area contributed by atoms with Crippen molar-refractivity contribution in [3.8, 4) is 0 Å². The average Bonchev–Trinajstić information content (AvgIpc) is 2.61. The Morgan fingerprint density at radius 1 is 1.32 bits per heavy atom. The van der Waals surface area contributed by atoms with E-state index in [9.17, 15) is 14.7 Å². The third-order valence-corrected chi connectivity index (χ3v) is 5.28. The summed E-state index contributed by atoms with van der Waals surface area (Å²) in [4.78, 5) is 29.1. The van der Waals surface area contributed by atoms with E-state index in [1.807, 2.05) is 30.3 Å². The van der Waals surface area contributed by atoms with E-state index in [4.69, 9.17) is 4.74 Å². The average molecular weight is 344 g/mol. The molecule has 134 valence electrons. The monoisotopic (exact) mass is 344 g/mol. The number of ether oxygens (including phenoxy) is 1. The second-order valence-electron chi connectivity index (χ2n) is 6.82. The van der Waals surface area contributed by atoms with Crippen LogP contribution in [0.4, 0.5) is 0 Å². The Kier molecular flexibility index (Phi) is 5.20. The van der Waals surface area contributed by atoms with Crippen molar-refractivity contribution in [2.75, 3.05) is 26.8 Å². The third kappa shape index (κ3) is 3.75. The minimum atomic E-state index is -0.743. The normalized spacial score (nSPS) is 17.6. The number of nitrogens with one attached hydrogen (secondary N) is 1. The summed E-state index contributed by atoms with van der Waals surface area (Å²) in [5, 5.41) is 10.6. The van der Waals surface area contributed by atoms with Gasteiger partial charge in [0.05, 0.1) is 5.41 Å². The lowest BCUT2D eigenvalue weighted by Gasteiger charge is -2.38. The smallest absolute Gasteiger partial charge is 0.309 e. The lowest BCUT2D eigenvalue weighted by atomic mass is 9.76. The fourth-order valence-corrected chi connectivity index (χ4v) is 3.56. The number of fused-ring (bicyclic) bond motifs is 1. The lowest BCUT2D eigenvalue weighted by Crippen LogP contribution is -2.45. The van der Waals surface area contributed by atoms with E-state index < -0.39 is 11.4 Å². The summed E-state index contributed by atoms with van der Waals surface area (Å²) in [5.41, 5.74) is 0.772. The van der Waals surface area contributed by atoms with Crippen molar-refractivity contribution in [1.29, 1.82) is 0 Å². The van der Waals surface area contributed by atoms with Gasteiger partial charge in [0.25, 0.3) is 5.56 Å². The second kappa shape index (κ2) is 7.37. The van der Waals surface area contributed by atoms with E-state index in [1.165, 1.54) is 0 Å². The Labute approximate surface area is 146 Å². The van der Waals surface area contributed by atoms with E-state index in [1.54, 1.807) is 7.11 Å². The molecule has 2 N–H and O–H groups in total. The predicted molar refractivity (Wildman–Crippen MR) is 95.6 cm³/mol. The van der Waals surface area contributed by atoms with Crippen molar-refractivity contribution in [2.24, 2.45) is 5.41 Å². The number of aromatic nitrogens is 1. The minimum Gasteiger partial charge on any atom is -0.481 e. The molecular formula is C19H24N2O4. The number of nitrogens with zero attached hydrogens (tertiary/aromatic N) is 1. The van der Waals surface area contributed by atoms with E-state index in [0.717, 1.165) is 16.5 Å². The zero-order valence-electron chi connectivity index (χ0n) is 14.5. The molecule has 0 bridgehead atoms. The number of carboxylic acids is 1. The van der Waals surface area contributed by atoms with Crippen molar-refractivity contribution in [3.63, 3.8) is 0 Å². The van der Waals surface area contributed by atoms with Gasteiger partial charge in [0.2, 0.25) is 0 Å². The maximum atomic E-state index is 12.3. The molecule has 0 saturated carbocycles. The maximum Gasteiger partial charge on any atom is 0.309 e. The van der Waals surface area contributed by atoms with Crippen LogP contribution in [0.1, 0.15) is 24.8 Å². The van der Waals surface area contributed by atoms with Crippen molar-refractivity contribution in [2.45, 2.75) is 25.8 Å². The van der Waals surface area contributed by atoms with Crippen LogP contribution in [0.2, 0.25) is 0 Å². The van der Waals surface area contributed by atoms with E-state index in [-0.39, 0.29) is 5.56 Å². The first-order valence-electron chi connectivity index (χ1n) is 8.60. The number of likely N-dealkylation sites (tertiary alicyclic amines) is 1. The van der Waals surface area contributed by atoms with Gasteiger partial charge in [-0.15, -0.1) is 0 Å². The number of carboxylic acid groups (broad SMARTS) is 1. The van der Waals surface area contributed by atoms with E-state index in [2.05, 4.69) is 9.88 Å². The van der Waals surface area contributed by atoms with Crippen LogP contribution in [-0.4, -0.2) is 47.8 Å². The molecule has 3 rings (SSSR count). The standard InChI is InChI=1S/C19H24N2O4/c1-25-11-8-19(18(23)24)6-9-21(10-7-19)13-15-12-14-4-2-3-5-16(14)20-17(15)22/h2-5,12H,6-11,13H2,1H3,(H,20,22)(H,23,24). The molecule has 0 atom stereocenters. The number of H-pyrrole nitrogens is 1. The van der Waals surface area contributed by atoms with Crippen molar-refractivity contribution >= 4 is 16.9 Å². The zero-order chi connectivity index (χ0) is 17.9. The molecule has 1 saturated heterocycles. The molecule has 25 heavy (non-hydrogen) atoms. The molecule has 0 amide bonds. The largest absolute Gasteiger partial charge is 0.481 e. The number of hydrogen-bond donors (Lipinski definition) is 2. The molecule has 0 radical (unpaired) electrons. The van der Waals surface area contributed by atoms with E-state index >= 15 is 0 Å². The Bertz CT molecular complexity index is 806. The number of piperidine rings is 1. The first-order chi connectivity index (χ1) is 12.0. The van der Waals surface area contributed by atoms with Crippen LogP contribution < -0.4 is 5.56 Å². The number of carbonyl (C=O) groups is 1. The highest BCUT2D eigenvalue weighted by Gasteiger charge is 2.41. The van der Waals surface area contributed by atoms with Gasteiger partial charge in [-0.25, -0.2) is 0 Å². The molecule has 0 spiro atoms. The van der Waals surface area contributed by atoms with Gasteiger partial charge < -0.3 is 14.8 Å². The Morgan fingerprint density at radius 3 is 2.72 bits per heavy atom. The van der Waals surface area contributed by atoms with Gasteiger partial charge in [0.15, 0.2) is 0 Å². The molecule has 6 heteroatoms. The molecule has 0 aliphatic carbocycles. The van der Waals surface area contributed by atoms with Crippen LogP contribution in [0.15, 0.2) is 35.1 Å². The SMILES string of the molecule is COCCC1(C(=O)O)CCN(Cc2cc3ccccc3[nH]c2=O)CC1. The highest BCUT2D eigenvalue weighted by molar-refractivity contribution is 5.78. The van der Waals surface area contributed by atoms with Gasteiger partial charge in [-0.1, -0.05) is 18.2 Å². The Hall–Kier alpha value is -2.18. The molecular weight excluding hydrogens is 320 g/mol. The predicted octanol–water partition coefficient (Wildman–Crippen LogP) is 2.23. The first-order valence-corrected chi connectivity index (χ1v) is 8.60. The van der Waals surface area contributed by atoms with Crippen LogP contribution in [-0.2, 0) is 16.1 Å². The first kappa shape index (κ1) is 17.6. The zero-order valence-corrected chi connectivity index (χ0v) is 14.5. The van der Waals surface area contributed by atoms with Crippen LogP contribution in [0.5, 0.6) is 0 Å². The number of aromatic amines is 1. The number of rotatable bonds is 6. The van der Waals surface area contributed by atoms with Crippen LogP contribution >= 0.6 is 0 Å². The number of pyridine rings is 1. The summed E-state index contributed by atoms with van der Waals surface area (Å²) in [6, 6.07) is 9.64. The summed E-state index contributed by atoms with van der Waals surface area (Å²) in [5.74, 6) is -0.743. The fraction of sp³-hybridized carbons (Fsp3) is 0.474. The van der Waals surface area contributed by atoms with Crippen molar-refractivity contribution in [3.05, 3.63) is 46.2 Å². The van der Waals surface area contributed by atoms with Crippen LogP contribution in [0.25, 0.3) is 10.9 Å². The molecule has 0 unspecified atom stereocenters. The highest BCUT2D eigenvalue weighted by atomic mass is 16.5. The Balaban J connectivity index is 1.70. The summed E-state index contributed by atoms with van der Waals surface area (Å²) >= 11 is 0. The molecule has 2 aromatic rings. The Morgan fingerprint density at radius 2 is 2.04 bits per heavy atom. The summed E-state index contributed by atoms with van der Waals surface area (Å²) < 4.78 is 5.08. The van der Waals surface area contributed by atoms with Crippen LogP contribution in [0, 0.1) is 5.41 Å². The van der Waals surface area contributed by atoms with Gasteiger partial charge in [0, 0.05) is 31.3 Å². The van der Waals surface area contributed by atoms with Gasteiger partial charge in [0.1, 0.15) is 0 Å². The molecule has 1 aliphatic rings. The summed E-state index contributed by atoms with van der Waals surface area (Å²) in [6.45, 7) is 2.33. The minimum absolute atomic E-state index is 0.0758. The highest BCUT2D eigenvalue weighted by Crippen LogP contribution is 2.35. The lowest BCUT2D eigenvalue weighted by molar-refractivity contribution is -0.153. The molecule has 1 aliphatic heterocycles. The van der Waals surface area contributed by atoms with Crippen LogP contribution in [0.3, 0.4) is 0 Å². The molecule has 1 aromatic heterocycles. The second-order valence-corrected chi connectivity index (χ2v) is 6.82. The third-order valence-electron chi connectivity index (χ3n) is 5.28. The van der Waals surface area contributed by atoms with Crippen molar-refractivity contribution in [1.82, 2.24) is 9.88 Å².